The molecule has 0 aliphatic heterocycles. The van der Waals surface area contributed by atoms with Crippen LogP contribution in [0, 0.1) is 6.92 Å². The summed E-state index contributed by atoms with van der Waals surface area (Å²) in [5, 5.41) is 0. The minimum absolute atomic E-state index is 0.828. The predicted molar refractivity (Wildman–Crippen MR) is 90.3 cm³/mol. The summed E-state index contributed by atoms with van der Waals surface area (Å²) in [4.78, 5) is 0. The normalized spacial score (nSPS) is 10.5. The molecule has 3 aromatic rings. The smallest absolute Gasteiger partial charge is 0.0393 e. The SMILES string of the molecule is Cc1ccc(Cc2ccccc2-c2ccccc2N)cc1. The second-order valence-corrected chi connectivity index (χ2v) is 5.41. The van der Waals surface area contributed by atoms with Gasteiger partial charge in [0.2, 0.25) is 0 Å². The van der Waals surface area contributed by atoms with Gasteiger partial charge in [0.05, 0.1) is 0 Å². The van der Waals surface area contributed by atoms with E-state index in [0.29, 0.717) is 0 Å². The van der Waals surface area contributed by atoms with Crippen LogP contribution in [0.2, 0.25) is 0 Å². The number of hydrogen-bond acceptors (Lipinski definition) is 1. The lowest BCUT2D eigenvalue weighted by Crippen LogP contribution is -1.95. The average molecular weight is 273 g/mol. The van der Waals surface area contributed by atoms with Gasteiger partial charge >= 0.3 is 0 Å². The molecule has 21 heavy (non-hydrogen) atoms. The average Bonchev–Trinajstić information content (AvgIpc) is 2.51. The van der Waals surface area contributed by atoms with Crippen molar-refractivity contribution in [1.29, 1.82) is 0 Å². The van der Waals surface area contributed by atoms with Gasteiger partial charge in [-0.05, 0) is 36.1 Å². The Kier molecular flexibility index (Phi) is 3.74. The van der Waals surface area contributed by atoms with Crippen molar-refractivity contribution < 1.29 is 0 Å². The molecule has 0 saturated carbocycles. The fourth-order valence-electron chi connectivity index (χ4n) is 2.61. The molecule has 0 unspecified atom stereocenters. The van der Waals surface area contributed by atoms with Crippen LogP contribution in [0.15, 0.2) is 72.8 Å². The van der Waals surface area contributed by atoms with Crippen molar-refractivity contribution in [2.75, 3.05) is 5.73 Å². The number of hydrogen-bond donors (Lipinski definition) is 1. The highest BCUT2D eigenvalue weighted by atomic mass is 14.6. The van der Waals surface area contributed by atoms with Gasteiger partial charge in [-0.25, -0.2) is 0 Å². The molecule has 0 fully saturated rings. The summed E-state index contributed by atoms with van der Waals surface area (Å²) < 4.78 is 0. The summed E-state index contributed by atoms with van der Waals surface area (Å²) in [5.74, 6) is 0. The zero-order valence-electron chi connectivity index (χ0n) is 12.2. The Morgan fingerprint density at radius 2 is 1.33 bits per heavy atom. The van der Waals surface area contributed by atoms with Gasteiger partial charge in [-0.3, -0.25) is 0 Å². The van der Waals surface area contributed by atoms with Crippen molar-refractivity contribution in [2.45, 2.75) is 13.3 Å². The van der Waals surface area contributed by atoms with E-state index in [0.717, 1.165) is 17.7 Å². The van der Waals surface area contributed by atoms with Gasteiger partial charge in [0.15, 0.2) is 0 Å². The third kappa shape index (κ3) is 2.97. The van der Waals surface area contributed by atoms with Crippen LogP contribution in [-0.4, -0.2) is 0 Å². The lowest BCUT2D eigenvalue weighted by atomic mass is 9.94. The van der Waals surface area contributed by atoms with Gasteiger partial charge in [0, 0.05) is 11.3 Å². The van der Waals surface area contributed by atoms with Crippen molar-refractivity contribution in [3.63, 3.8) is 0 Å². The highest BCUT2D eigenvalue weighted by molar-refractivity contribution is 5.78. The maximum atomic E-state index is 6.13. The second kappa shape index (κ2) is 5.84. The molecule has 0 aromatic heterocycles. The Hall–Kier alpha value is -2.54. The Morgan fingerprint density at radius 3 is 2.05 bits per heavy atom. The van der Waals surface area contributed by atoms with Crippen molar-refractivity contribution in [3.8, 4) is 11.1 Å². The quantitative estimate of drug-likeness (QED) is 0.679. The first-order valence-corrected chi connectivity index (χ1v) is 7.22. The summed E-state index contributed by atoms with van der Waals surface area (Å²) >= 11 is 0. The standard InChI is InChI=1S/C20H19N/c1-15-10-12-16(13-11-15)14-17-6-2-3-7-18(17)19-8-4-5-9-20(19)21/h2-13H,14,21H2,1H3. The number of aryl methyl sites for hydroxylation is 1. The van der Waals surface area contributed by atoms with Gasteiger partial charge in [-0.2, -0.15) is 0 Å². The topological polar surface area (TPSA) is 26.0 Å². The van der Waals surface area contributed by atoms with Gasteiger partial charge in [0.25, 0.3) is 0 Å². The van der Waals surface area contributed by atoms with Crippen LogP contribution in [0.3, 0.4) is 0 Å². The molecule has 1 nitrogen and oxygen atoms in total. The first-order chi connectivity index (χ1) is 10.2. The number of nitrogens with two attached hydrogens (primary N) is 1. The third-order valence-electron chi connectivity index (χ3n) is 3.78. The predicted octanol–water partition coefficient (Wildman–Crippen LogP) is 4.84. The summed E-state index contributed by atoms with van der Waals surface area (Å²) in [6.45, 7) is 2.11. The zero-order chi connectivity index (χ0) is 14.7. The molecule has 0 aliphatic carbocycles. The Labute approximate surface area is 126 Å². The molecular formula is C20H19N. The number of para-hydroxylation sites is 1. The number of anilines is 1. The van der Waals surface area contributed by atoms with Crippen LogP contribution in [0.5, 0.6) is 0 Å². The van der Waals surface area contributed by atoms with Crippen LogP contribution in [0.4, 0.5) is 5.69 Å². The molecule has 2 N–H and O–H groups in total. The van der Waals surface area contributed by atoms with Gasteiger partial charge in [-0.1, -0.05) is 72.3 Å². The minimum atomic E-state index is 0.828. The largest absolute Gasteiger partial charge is 0.398 e. The fraction of sp³-hybridized carbons (Fsp3) is 0.100. The van der Waals surface area contributed by atoms with Crippen LogP contribution in [0.1, 0.15) is 16.7 Å². The van der Waals surface area contributed by atoms with Gasteiger partial charge in [-0.15, -0.1) is 0 Å². The highest BCUT2D eigenvalue weighted by Crippen LogP contribution is 2.30. The molecule has 0 saturated heterocycles. The molecule has 0 amide bonds. The van der Waals surface area contributed by atoms with Crippen molar-refractivity contribution in [2.24, 2.45) is 0 Å². The lowest BCUT2D eigenvalue weighted by Gasteiger charge is -2.12. The van der Waals surface area contributed by atoms with E-state index in [1.54, 1.807) is 0 Å². The van der Waals surface area contributed by atoms with Gasteiger partial charge < -0.3 is 5.73 Å². The monoisotopic (exact) mass is 273 g/mol. The summed E-state index contributed by atoms with van der Waals surface area (Å²) in [7, 11) is 0. The Balaban J connectivity index is 2.00. The maximum Gasteiger partial charge on any atom is 0.0393 e. The first kappa shape index (κ1) is 13.4. The summed E-state index contributed by atoms with van der Waals surface area (Å²) in [6, 6.07) is 25.3. The zero-order valence-corrected chi connectivity index (χ0v) is 12.2. The van der Waals surface area contributed by atoms with E-state index in [4.69, 9.17) is 5.73 Å². The third-order valence-corrected chi connectivity index (χ3v) is 3.78. The van der Waals surface area contributed by atoms with E-state index in [-0.39, 0.29) is 0 Å². The molecule has 1 heteroatoms. The molecule has 104 valence electrons. The lowest BCUT2D eigenvalue weighted by molar-refractivity contribution is 1.19. The molecule has 0 radical (unpaired) electrons. The minimum Gasteiger partial charge on any atom is -0.398 e. The number of benzene rings is 3. The Morgan fingerprint density at radius 1 is 0.714 bits per heavy atom. The summed E-state index contributed by atoms with van der Waals surface area (Å²) in [6.07, 6.45) is 0.921. The molecule has 0 atom stereocenters. The van der Waals surface area contributed by atoms with E-state index >= 15 is 0 Å². The molecule has 0 bridgehead atoms. The van der Waals surface area contributed by atoms with E-state index in [1.165, 1.54) is 22.3 Å². The van der Waals surface area contributed by atoms with Crippen LogP contribution >= 0.6 is 0 Å². The molecule has 0 heterocycles. The van der Waals surface area contributed by atoms with Crippen molar-refractivity contribution in [1.82, 2.24) is 0 Å². The van der Waals surface area contributed by atoms with E-state index in [1.807, 2.05) is 18.2 Å². The van der Waals surface area contributed by atoms with E-state index in [2.05, 4.69) is 61.5 Å². The van der Waals surface area contributed by atoms with Crippen LogP contribution in [-0.2, 0) is 6.42 Å². The van der Waals surface area contributed by atoms with E-state index < -0.39 is 0 Å². The molecule has 3 aromatic carbocycles. The highest BCUT2D eigenvalue weighted by Gasteiger charge is 2.07. The molecule has 0 spiro atoms. The fourth-order valence-corrected chi connectivity index (χ4v) is 2.61. The summed E-state index contributed by atoms with van der Waals surface area (Å²) in [5.41, 5.74) is 13.2. The van der Waals surface area contributed by atoms with Crippen molar-refractivity contribution >= 4 is 5.69 Å². The number of rotatable bonds is 3. The number of nitrogen functional groups attached to an aromatic ring is 1. The molecule has 0 aliphatic rings. The van der Waals surface area contributed by atoms with Crippen LogP contribution < -0.4 is 5.73 Å². The second-order valence-electron chi connectivity index (χ2n) is 5.41. The molecular weight excluding hydrogens is 254 g/mol. The molecule has 3 rings (SSSR count). The maximum absolute atomic E-state index is 6.13. The van der Waals surface area contributed by atoms with Gasteiger partial charge in [0.1, 0.15) is 0 Å². The van der Waals surface area contributed by atoms with Crippen molar-refractivity contribution in [3.05, 3.63) is 89.5 Å². The first-order valence-electron chi connectivity index (χ1n) is 7.22. The van der Waals surface area contributed by atoms with Crippen LogP contribution in [0.25, 0.3) is 11.1 Å². The van der Waals surface area contributed by atoms with E-state index in [9.17, 15) is 0 Å². The Bertz CT molecular complexity index is 742.